The zero-order valence-corrected chi connectivity index (χ0v) is 13.6. The number of halogens is 1. The second-order valence-corrected chi connectivity index (χ2v) is 5.99. The minimum Gasteiger partial charge on any atom is -0.356 e. The summed E-state index contributed by atoms with van der Waals surface area (Å²) < 4.78 is 13.3. The molecule has 0 aliphatic heterocycles. The van der Waals surface area contributed by atoms with Crippen molar-refractivity contribution < 1.29 is 4.39 Å². The smallest absolute Gasteiger partial charge is 0.191 e. The van der Waals surface area contributed by atoms with Gasteiger partial charge in [-0.1, -0.05) is 36.4 Å². The zero-order valence-electron chi connectivity index (χ0n) is 13.6. The second-order valence-electron chi connectivity index (χ2n) is 5.99. The van der Waals surface area contributed by atoms with E-state index >= 15 is 0 Å². The predicted molar refractivity (Wildman–Crippen MR) is 92.2 cm³/mol. The molecule has 0 radical (unpaired) electrons. The van der Waals surface area contributed by atoms with Crippen LogP contribution in [0.5, 0.6) is 0 Å². The van der Waals surface area contributed by atoms with E-state index in [-0.39, 0.29) is 5.82 Å². The van der Waals surface area contributed by atoms with Gasteiger partial charge in [-0.2, -0.15) is 0 Å². The van der Waals surface area contributed by atoms with Crippen LogP contribution in [0.2, 0.25) is 0 Å². The number of fused-ring (bicyclic) bond motifs is 1. The molecule has 0 saturated carbocycles. The molecule has 0 saturated heterocycles. The third-order valence-corrected chi connectivity index (χ3v) is 4.38. The van der Waals surface area contributed by atoms with Crippen molar-refractivity contribution in [1.29, 1.82) is 0 Å². The van der Waals surface area contributed by atoms with Crippen molar-refractivity contribution in [2.75, 3.05) is 13.6 Å². The van der Waals surface area contributed by atoms with Gasteiger partial charge in [0.2, 0.25) is 0 Å². The van der Waals surface area contributed by atoms with Gasteiger partial charge in [0.15, 0.2) is 5.96 Å². The lowest BCUT2D eigenvalue weighted by molar-refractivity contribution is 0.583. The summed E-state index contributed by atoms with van der Waals surface area (Å²) in [5, 5.41) is 6.65. The summed E-state index contributed by atoms with van der Waals surface area (Å²) in [4.78, 5) is 4.25. The highest BCUT2D eigenvalue weighted by molar-refractivity contribution is 5.79. The molecule has 0 bridgehead atoms. The first-order valence-corrected chi connectivity index (χ1v) is 7.94. The van der Waals surface area contributed by atoms with E-state index in [1.807, 2.05) is 6.07 Å². The van der Waals surface area contributed by atoms with Crippen molar-refractivity contribution in [3.05, 3.63) is 70.5 Å². The summed E-state index contributed by atoms with van der Waals surface area (Å²) in [6.07, 6.45) is 1.12. The van der Waals surface area contributed by atoms with Crippen molar-refractivity contribution in [3.63, 3.8) is 0 Å². The molecule has 0 fully saturated rings. The summed E-state index contributed by atoms with van der Waals surface area (Å²) in [5.41, 5.74) is 4.59. The molecule has 120 valence electrons. The SMILES string of the molecule is CN=C(NCc1ccc(F)c(C)c1)NCC1Cc2ccccc21. The Balaban J connectivity index is 1.50. The number of nitrogens with one attached hydrogen (secondary N) is 2. The van der Waals surface area contributed by atoms with E-state index in [1.165, 1.54) is 17.2 Å². The first-order chi connectivity index (χ1) is 11.2. The zero-order chi connectivity index (χ0) is 16.2. The van der Waals surface area contributed by atoms with E-state index < -0.39 is 0 Å². The minimum atomic E-state index is -0.167. The lowest BCUT2D eigenvalue weighted by atomic mass is 9.78. The van der Waals surface area contributed by atoms with E-state index in [2.05, 4.69) is 39.9 Å². The summed E-state index contributed by atoms with van der Waals surface area (Å²) in [6.45, 7) is 3.28. The molecule has 0 aromatic heterocycles. The molecule has 1 aliphatic carbocycles. The van der Waals surface area contributed by atoms with Gasteiger partial charge in [-0.05, 0) is 41.7 Å². The maximum atomic E-state index is 13.3. The van der Waals surface area contributed by atoms with Crippen LogP contribution < -0.4 is 10.6 Å². The first kappa shape index (κ1) is 15.5. The molecule has 1 unspecified atom stereocenters. The first-order valence-electron chi connectivity index (χ1n) is 7.94. The number of nitrogens with zero attached hydrogens (tertiary/aromatic N) is 1. The highest BCUT2D eigenvalue weighted by Gasteiger charge is 2.25. The van der Waals surface area contributed by atoms with Gasteiger partial charge in [0.1, 0.15) is 5.82 Å². The Labute approximate surface area is 136 Å². The van der Waals surface area contributed by atoms with Crippen molar-refractivity contribution in [1.82, 2.24) is 10.6 Å². The average Bonchev–Trinajstić information content (AvgIpc) is 2.54. The van der Waals surface area contributed by atoms with Crippen LogP contribution in [-0.4, -0.2) is 19.6 Å². The van der Waals surface area contributed by atoms with Gasteiger partial charge in [0.25, 0.3) is 0 Å². The highest BCUT2D eigenvalue weighted by Crippen LogP contribution is 2.33. The molecule has 2 aromatic carbocycles. The molecular formula is C19H22FN3. The van der Waals surface area contributed by atoms with Gasteiger partial charge in [-0.25, -0.2) is 4.39 Å². The number of hydrogen-bond donors (Lipinski definition) is 2. The van der Waals surface area contributed by atoms with Crippen LogP contribution in [-0.2, 0) is 13.0 Å². The van der Waals surface area contributed by atoms with Crippen LogP contribution in [0.4, 0.5) is 4.39 Å². The topological polar surface area (TPSA) is 36.4 Å². The van der Waals surface area contributed by atoms with E-state index in [1.54, 1.807) is 20.0 Å². The standard InChI is InChI=1S/C19H22FN3/c1-13-9-14(7-8-18(13)20)11-22-19(21-2)23-12-16-10-15-5-3-4-6-17(15)16/h3-9,16H,10-12H2,1-2H3,(H2,21,22,23). The molecule has 1 aliphatic rings. The third kappa shape index (κ3) is 3.52. The Morgan fingerprint density at radius 2 is 2.04 bits per heavy atom. The van der Waals surface area contributed by atoms with Crippen molar-refractivity contribution in [3.8, 4) is 0 Å². The molecule has 0 amide bonds. The summed E-state index contributed by atoms with van der Waals surface area (Å²) in [7, 11) is 1.76. The lowest BCUT2D eigenvalue weighted by Gasteiger charge is -2.30. The number of rotatable bonds is 4. The maximum Gasteiger partial charge on any atom is 0.191 e. The van der Waals surface area contributed by atoms with Gasteiger partial charge in [-0.15, -0.1) is 0 Å². The van der Waals surface area contributed by atoms with Gasteiger partial charge >= 0.3 is 0 Å². The summed E-state index contributed by atoms with van der Waals surface area (Å²) >= 11 is 0. The van der Waals surface area contributed by atoms with E-state index in [4.69, 9.17) is 0 Å². The largest absolute Gasteiger partial charge is 0.356 e. The molecule has 2 aromatic rings. The molecule has 23 heavy (non-hydrogen) atoms. The lowest BCUT2D eigenvalue weighted by Crippen LogP contribution is -2.40. The Morgan fingerprint density at radius 3 is 2.78 bits per heavy atom. The Morgan fingerprint density at radius 1 is 1.22 bits per heavy atom. The van der Waals surface area contributed by atoms with E-state index in [0.29, 0.717) is 18.0 Å². The number of guanidine groups is 1. The molecule has 1 atom stereocenters. The molecular weight excluding hydrogens is 289 g/mol. The van der Waals surface area contributed by atoms with Gasteiger partial charge in [0, 0.05) is 26.1 Å². The number of aryl methyl sites for hydroxylation is 1. The normalized spacial score (nSPS) is 16.5. The summed E-state index contributed by atoms with van der Waals surface area (Å²) in [6, 6.07) is 13.7. The maximum absolute atomic E-state index is 13.3. The van der Waals surface area contributed by atoms with E-state index in [0.717, 1.165) is 24.5 Å². The Hall–Kier alpha value is -2.36. The molecule has 3 nitrogen and oxygen atoms in total. The number of benzene rings is 2. The number of aliphatic imine (C=N–C) groups is 1. The van der Waals surface area contributed by atoms with Gasteiger partial charge in [0.05, 0.1) is 0 Å². The quantitative estimate of drug-likeness (QED) is 0.672. The van der Waals surface area contributed by atoms with Crippen LogP contribution >= 0.6 is 0 Å². The fourth-order valence-corrected chi connectivity index (χ4v) is 2.99. The van der Waals surface area contributed by atoms with Crippen molar-refractivity contribution in [2.45, 2.75) is 25.8 Å². The fourth-order valence-electron chi connectivity index (χ4n) is 2.99. The fraction of sp³-hybridized carbons (Fsp3) is 0.316. The monoisotopic (exact) mass is 311 g/mol. The Kier molecular flexibility index (Phi) is 4.60. The predicted octanol–water partition coefficient (Wildman–Crippen LogP) is 3.14. The van der Waals surface area contributed by atoms with Crippen LogP contribution in [0.3, 0.4) is 0 Å². The number of hydrogen-bond acceptors (Lipinski definition) is 1. The summed E-state index contributed by atoms with van der Waals surface area (Å²) in [5.74, 6) is 1.16. The molecule has 0 spiro atoms. The highest BCUT2D eigenvalue weighted by atomic mass is 19.1. The molecule has 4 heteroatoms. The average molecular weight is 311 g/mol. The third-order valence-electron chi connectivity index (χ3n) is 4.38. The second kappa shape index (κ2) is 6.82. The van der Waals surface area contributed by atoms with Crippen molar-refractivity contribution in [2.24, 2.45) is 4.99 Å². The van der Waals surface area contributed by atoms with Gasteiger partial charge < -0.3 is 10.6 Å². The van der Waals surface area contributed by atoms with Crippen LogP contribution in [0.15, 0.2) is 47.5 Å². The molecule has 3 rings (SSSR count). The van der Waals surface area contributed by atoms with E-state index in [9.17, 15) is 4.39 Å². The van der Waals surface area contributed by atoms with Gasteiger partial charge in [-0.3, -0.25) is 4.99 Å². The Bertz CT molecular complexity index is 724. The minimum absolute atomic E-state index is 0.167. The van der Waals surface area contributed by atoms with Crippen molar-refractivity contribution >= 4 is 5.96 Å². The van der Waals surface area contributed by atoms with Crippen LogP contribution in [0.25, 0.3) is 0 Å². The molecule has 2 N–H and O–H groups in total. The van der Waals surface area contributed by atoms with Crippen LogP contribution in [0.1, 0.15) is 28.2 Å². The van der Waals surface area contributed by atoms with Crippen LogP contribution in [0, 0.1) is 12.7 Å². The molecule has 0 heterocycles.